The van der Waals surface area contributed by atoms with Crippen molar-refractivity contribution in [3.05, 3.63) is 82.4 Å². The summed E-state index contributed by atoms with van der Waals surface area (Å²) in [6.45, 7) is 4.13. The number of carbonyl (C=O) groups is 3. The normalized spacial score (nSPS) is 17.9. The number of rotatable bonds is 6. The van der Waals surface area contributed by atoms with E-state index < -0.39 is 11.8 Å². The Hall–Kier alpha value is -3.38. The minimum Gasteiger partial charge on any atom is -0.352 e. The van der Waals surface area contributed by atoms with Gasteiger partial charge >= 0.3 is 0 Å². The van der Waals surface area contributed by atoms with E-state index in [-0.39, 0.29) is 30.3 Å². The Morgan fingerprint density at radius 1 is 1.06 bits per heavy atom. The monoisotopic (exact) mass is 461 g/mol. The smallest absolute Gasteiger partial charge is 0.221 e. The van der Waals surface area contributed by atoms with E-state index in [2.05, 4.69) is 15.3 Å². The van der Waals surface area contributed by atoms with Gasteiger partial charge in [-0.25, -0.2) is 9.97 Å². The third-order valence-corrected chi connectivity index (χ3v) is 6.28. The molecule has 33 heavy (non-hydrogen) atoms. The van der Waals surface area contributed by atoms with Crippen LogP contribution in [-0.4, -0.2) is 27.4 Å². The fourth-order valence-corrected chi connectivity index (χ4v) is 4.73. The Morgan fingerprint density at radius 2 is 1.76 bits per heavy atom. The number of Topliss-reactive ketones (excluding diaryl/α,β-unsaturated/α-hetero) is 2. The number of nitrogens with zero attached hydrogens (tertiary/aromatic N) is 2. The molecule has 1 heterocycles. The largest absolute Gasteiger partial charge is 0.352 e. The molecule has 3 aromatic rings. The molecule has 0 radical (unpaired) electrons. The van der Waals surface area contributed by atoms with Crippen LogP contribution in [0, 0.1) is 19.8 Å². The van der Waals surface area contributed by atoms with Crippen LogP contribution in [0.25, 0.3) is 11.1 Å². The molecular weight excluding hydrogens is 438 g/mol. The highest BCUT2D eigenvalue weighted by Gasteiger charge is 2.43. The first-order chi connectivity index (χ1) is 15.8. The van der Waals surface area contributed by atoms with E-state index in [4.69, 9.17) is 11.6 Å². The fourth-order valence-electron chi connectivity index (χ4n) is 4.52. The maximum Gasteiger partial charge on any atom is 0.221 e. The molecule has 1 N–H and O–H groups in total. The van der Waals surface area contributed by atoms with Crippen LogP contribution in [-0.2, 0) is 20.9 Å². The molecule has 7 heteroatoms. The topological polar surface area (TPSA) is 89.0 Å². The van der Waals surface area contributed by atoms with E-state index in [1.54, 1.807) is 24.5 Å². The molecular formula is C26H24ClN3O3. The van der Waals surface area contributed by atoms with Crippen LogP contribution in [0.2, 0.25) is 5.02 Å². The van der Waals surface area contributed by atoms with E-state index in [1.807, 2.05) is 38.1 Å². The van der Waals surface area contributed by atoms with Crippen molar-refractivity contribution in [2.75, 3.05) is 0 Å². The van der Waals surface area contributed by atoms with Gasteiger partial charge in [0.05, 0.1) is 0 Å². The Labute approximate surface area is 197 Å². The summed E-state index contributed by atoms with van der Waals surface area (Å²) in [4.78, 5) is 46.6. The molecule has 4 rings (SSSR count). The summed E-state index contributed by atoms with van der Waals surface area (Å²) in [7, 11) is 0. The molecule has 0 spiro atoms. The number of benzene rings is 2. The summed E-state index contributed by atoms with van der Waals surface area (Å²) in [6.07, 6.45) is 5.01. The Bertz CT molecular complexity index is 1200. The summed E-state index contributed by atoms with van der Waals surface area (Å²) < 4.78 is 0. The number of ketones is 2. The number of halogens is 1. The molecule has 0 saturated heterocycles. The van der Waals surface area contributed by atoms with Gasteiger partial charge < -0.3 is 5.32 Å². The van der Waals surface area contributed by atoms with Gasteiger partial charge in [0.25, 0.3) is 0 Å². The maximum absolute atomic E-state index is 13.2. The molecule has 1 fully saturated rings. The first kappa shape index (κ1) is 22.8. The summed E-state index contributed by atoms with van der Waals surface area (Å²) in [5.41, 5.74) is 5.15. The lowest BCUT2D eigenvalue weighted by molar-refractivity contribution is -0.128. The van der Waals surface area contributed by atoms with Crippen LogP contribution < -0.4 is 5.32 Å². The lowest BCUT2D eigenvalue weighted by atomic mass is 9.85. The standard InChI is InChI=1S/C26H24ClN3O3/c1-15-6-18(20-12-28-14-29-13-20)7-16(2)24(15)25-22(31)9-19(26(25)33)10-23(32)30-11-17-4-3-5-21(27)8-17/h3-8,12-14,19,25H,9-11H2,1-2H3,(H,30,32). The Kier molecular flexibility index (Phi) is 6.65. The maximum atomic E-state index is 13.2. The number of amides is 1. The van der Waals surface area contributed by atoms with E-state index in [0.717, 1.165) is 33.4 Å². The molecule has 168 valence electrons. The third-order valence-electron chi connectivity index (χ3n) is 6.04. The lowest BCUT2D eigenvalue weighted by Gasteiger charge is -2.17. The van der Waals surface area contributed by atoms with Gasteiger partial charge in [0.15, 0.2) is 5.78 Å². The highest BCUT2D eigenvalue weighted by molar-refractivity contribution is 6.30. The molecule has 0 bridgehead atoms. The van der Waals surface area contributed by atoms with Gasteiger partial charge in [-0.05, 0) is 53.8 Å². The van der Waals surface area contributed by atoms with Gasteiger partial charge in [-0.15, -0.1) is 0 Å². The predicted molar refractivity (Wildman–Crippen MR) is 126 cm³/mol. The fraction of sp³-hybridized carbons (Fsp3) is 0.269. The number of aromatic nitrogens is 2. The summed E-state index contributed by atoms with van der Waals surface area (Å²) >= 11 is 5.98. The molecule has 0 aliphatic heterocycles. The highest BCUT2D eigenvalue weighted by Crippen LogP contribution is 2.38. The zero-order valence-electron chi connectivity index (χ0n) is 18.5. The minimum absolute atomic E-state index is 0.000821. The number of carbonyl (C=O) groups excluding carboxylic acids is 3. The first-order valence-electron chi connectivity index (χ1n) is 10.8. The molecule has 2 atom stereocenters. The van der Waals surface area contributed by atoms with Gasteiger partial charge in [0.1, 0.15) is 18.0 Å². The van der Waals surface area contributed by atoms with Crippen molar-refractivity contribution in [2.24, 2.45) is 5.92 Å². The molecule has 1 saturated carbocycles. The second-order valence-electron chi connectivity index (χ2n) is 8.46. The van der Waals surface area contributed by atoms with Crippen molar-refractivity contribution in [2.45, 2.75) is 39.2 Å². The number of nitrogens with one attached hydrogen (secondary N) is 1. The summed E-state index contributed by atoms with van der Waals surface area (Å²) in [5, 5.41) is 3.41. The molecule has 1 aromatic heterocycles. The number of hydrogen-bond acceptors (Lipinski definition) is 5. The first-order valence-corrected chi connectivity index (χ1v) is 11.2. The zero-order chi connectivity index (χ0) is 23.5. The molecule has 1 amide bonds. The van der Waals surface area contributed by atoms with Crippen LogP contribution in [0.5, 0.6) is 0 Å². The lowest BCUT2D eigenvalue weighted by Crippen LogP contribution is -2.27. The van der Waals surface area contributed by atoms with Crippen LogP contribution in [0.4, 0.5) is 0 Å². The average molecular weight is 462 g/mol. The molecule has 2 aromatic carbocycles. The van der Waals surface area contributed by atoms with Crippen LogP contribution >= 0.6 is 11.6 Å². The Morgan fingerprint density at radius 3 is 2.42 bits per heavy atom. The quantitative estimate of drug-likeness (QED) is 0.551. The second-order valence-corrected chi connectivity index (χ2v) is 8.90. The molecule has 1 aliphatic carbocycles. The van der Waals surface area contributed by atoms with Gasteiger partial charge in [0, 0.05) is 48.3 Å². The average Bonchev–Trinajstić information content (AvgIpc) is 3.05. The SMILES string of the molecule is Cc1cc(-c2cncnc2)cc(C)c1C1C(=O)CC(CC(=O)NCc2cccc(Cl)c2)C1=O. The Balaban J connectivity index is 1.47. The van der Waals surface area contributed by atoms with Gasteiger partial charge in [-0.2, -0.15) is 0 Å². The van der Waals surface area contributed by atoms with Gasteiger partial charge in [-0.1, -0.05) is 35.9 Å². The minimum atomic E-state index is -0.822. The summed E-state index contributed by atoms with van der Waals surface area (Å²) in [6, 6.07) is 11.1. The third kappa shape index (κ3) is 5.01. The van der Waals surface area contributed by atoms with Crippen molar-refractivity contribution in [1.29, 1.82) is 0 Å². The van der Waals surface area contributed by atoms with Crippen LogP contribution in [0.3, 0.4) is 0 Å². The van der Waals surface area contributed by atoms with Crippen molar-refractivity contribution in [1.82, 2.24) is 15.3 Å². The second kappa shape index (κ2) is 9.63. The van der Waals surface area contributed by atoms with Crippen LogP contribution in [0.15, 0.2) is 55.1 Å². The van der Waals surface area contributed by atoms with Gasteiger partial charge in [-0.3, -0.25) is 14.4 Å². The number of aryl methyl sites for hydroxylation is 2. The van der Waals surface area contributed by atoms with Crippen molar-refractivity contribution in [3.63, 3.8) is 0 Å². The number of hydrogen-bond donors (Lipinski definition) is 1. The summed E-state index contributed by atoms with van der Waals surface area (Å²) in [5.74, 6) is -2.00. The van der Waals surface area contributed by atoms with Crippen LogP contribution in [0.1, 0.15) is 41.0 Å². The zero-order valence-corrected chi connectivity index (χ0v) is 19.2. The van der Waals surface area contributed by atoms with Crippen molar-refractivity contribution < 1.29 is 14.4 Å². The predicted octanol–water partition coefficient (Wildman–Crippen LogP) is 4.36. The van der Waals surface area contributed by atoms with E-state index in [9.17, 15) is 14.4 Å². The van der Waals surface area contributed by atoms with E-state index in [0.29, 0.717) is 11.6 Å². The molecule has 6 nitrogen and oxygen atoms in total. The molecule has 2 unspecified atom stereocenters. The van der Waals surface area contributed by atoms with Crippen molar-refractivity contribution >= 4 is 29.1 Å². The van der Waals surface area contributed by atoms with Crippen molar-refractivity contribution in [3.8, 4) is 11.1 Å². The van der Waals surface area contributed by atoms with E-state index >= 15 is 0 Å². The molecule has 1 aliphatic rings. The van der Waals surface area contributed by atoms with E-state index in [1.165, 1.54) is 6.33 Å². The highest BCUT2D eigenvalue weighted by atomic mass is 35.5. The van der Waals surface area contributed by atoms with Gasteiger partial charge in [0.2, 0.25) is 5.91 Å².